The molecule has 0 aliphatic rings. The fourth-order valence-electron chi connectivity index (χ4n) is 2.73. The maximum Gasteiger partial charge on any atom is 0.257 e. The van der Waals surface area contributed by atoms with Crippen molar-refractivity contribution in [1.82, 2.24) is 14.6 Å². The van der Waals surface area contributed by atoms with Gasteiger partial charge in [0.25, 0.3) is 5.91 Å². The van der Waals surface area contributed by atoms with Gasteiger partial charge in [0.1, 0.15) is 0 Å². The summed E-state index contributed by atoms with van der Waals surface area (Å²) in [7, 11) is 1.55. The third-order valence-corrected chi connectivity index (χ3v) is 4.79. The zero-order valence-electron chi connectivity index (χ0n) is 14.7. The van der Waals surface area contributed by atoms with Crippen molar-refractivity contribution < 1.29 is 9.53 Å². The number of hydrogen-bond acceptors (Lipinski definition) is 4. The smallest absolute Gasteiger partial charge is 0.257 e. The van der Waals surface area contributed by atoms with Crippen LogP contribution in [0.25, 0.3) is 16.9 Å². The lowest BCUT2D eigenvalue weighted by atomic mass is 10.1. The SMILES string of the molecule is COc1ccc2nc(-c3ccc(Cl)c(NC(=O)c4ccccc4Cl)c3)cn2n1. The van der Waals surface area contributed by atoms with Gasteiger partial charge in [-0.2, -0.15) is 0 Å². The average Bonchev–Trinajstić information content (AvgIpc) is 3.13. The minimum Gasteiger partial charge on any atom is -0.480 e. The third-order valence-electron chi connectivity index (χ3n) is 4.13. The Balaban J connectivity index is 1.67. The predicted octanol–water partition coefficient (Wildman–Crippen LogP) is 4.96. The molecule has 0 unspecified atom stereocenters. The Hall–Kier alpha value is -3.09. The van der Waals surface area contributed by atoms with E-state index in [9.17, 15) is 4.79 Å². The largest absolute Gasteiger partial charge is 0.480 e. The van der Waals surface area contributed by atoms with E-state index >= 15 is 0 Å². The highest BCUT2D eigenvalue weighted by molar-refractivity contribution is 6.36. The number of imidazole rings is 1. The number of halogens is 2. The van der Waals surface area contributed by atoms with Gasteiger partial charge in [-0.15, -0.1) is 5.10 Å². The number of anilines is 1. The molecule has 0 radical (unpaired) electrons. The van der Waals surface area contributed by atoms with Gasteiger partial charge in [-0.3, -0.25) is 4.79 Å². The molecule has 0 saturated carbocycles. The molecule has 0 atom stereocenters. The van der Waals surface area contributed by atoms with E-state index in [2.05, 4.69) is 15.4 Å². The van der Waals surface area contributed by atoms with Crippen LogP contribution in [0, 0.1) is 0 Å². The summed E-state index contributed by atoms with van der Waals surface area (Å²) in [5.41, 5.74) is 2.97. The Morgan fingerprint density at radius 2 is 1.89 bits per heavy atom. The number of methoxy groups -OCH3 is 1. The van der Waals surface area contributed by atoms with Crippen molar-refractivity contribution in [2.24, 2.45) is 0 Å². The van der Waals surface area contributed by atoms with Crippen molar-refractivity contribution >= 4 is 40.4 Å². The first-order valence-electron chi connectivity index (χ1n) is 8.31. The first-order valence-corrected chi connectivity index (χ1v) is 9.07. The van der Waals surface area contributed by atoms with E-state index in [4.69, 9.17) is 27.9 Å². The van der Waals surface area contributed by atoms with Crippen LogP contribution >= 0.6 is 23.2 Å². The first kappa shape index (κ1) is 18.3. The Bertz CT molecular complexity index is 1190. The van der Waals surface area contributed by atoms with Crippen LogP contribution in [-0.4, -0.2) is 27.6 Å². The maximum absolute atomic E-state index is 12.5. The number of carbonyl (C=O) groups excluding carboxylic acids is 1. The number of nitrogens with one attached hydrogen (secondary N) is 1. The second-order valence-electron chi connectivity index (χ2n) is 5.93. The molecule has 0 spiro atoms. The van der Waals surface area contributed by atoms with E-state index in [-0.39, 0.29) is 5.91 Å². The van der Waals surface area contributed by atoms with Crippen molar-refractivity contribution in [1.29, 1.82) is 0 Å². The Morgan fingerprint density at radius 3 is 2.68 bits per heavy atom. The molecular formula is C20H14Cl2N4O2. The van der Waals surface area contributed by atoms with Crippen LogP contribution < -0.4 is 10.1 Å². The molecule has 4 aromatic rings. The molecule has 0 aliphatic heterocycles. The monoisotopic (exact) mass is 412 g/mol. The quantitative estimate of drug-likeness (QED) is 0.513. The Kier molecular flexibility index (Phi) is 4.90. The van der Waals surface area contributed by atoms with Gasteiger partial charge in [-0.05, 0) is 30.3 Å². The summed E-state index contributed by atoms with van der Waals surface area (Å²) in [6.07, 6.45) is 1.78. The second kappa shape index (κ2) is 7.50. The lowest BCUT2D eigenvalue weighted by Gasteiger charge is -2.09. The molecule has 1 amide bonds. The van der Waals surface area contributed by atoms with Crippen molar-refractivity contribution in [3.8, 4) is 17.1 Å². The number of ether oxygens (including phenoxy) is 1. The normalized spacial score (nSPS) is 10.8. The summed E-state index contributed by atoms with van der Waals surface area (Å²) >= 11 is 12.4. The molecule has 1 N–H and O–H groups in total. The molecule has 8 heteroatoms. The van der Waals surface area contributed by atoms with Crippen LogP contribution in [0.3, 0.4) is 0 Å². The van der Waals surface area contributed by atoms with Crippen molar-refractivity contribution in [3.05, 3.63) is 76.4 Å². The fraction of sp³-hybridized carbons (Fsp3) is 0.0500. The summed E-state index contributed by atoms with van der Waals surface area (Å²) in [6, 6.07) is 15.7. The van der Waals surface area contributed by atoms with Crippen LogP contribution in [0.1, 0.15) is 10.4 Å². The number of benzene rings is 2. The summed E-state index contributed by atoms with van der Waals surface area (Å²) in [5, 5.41) is 7.88. The van der Waals surface area contributed by atoms with Gasteiger partial charge in [-0.1, -0.05) is 41.4 Å². The number of hydrogen-bond donors (Lipinski definition) is 1. The zero-order chi connectivity index (χ0) is 19.7. The molecule has 2 heterocycles. The molecule has 0 fully saturated rings. The lowest BCUT2D eigenvalue weighted by Crippen LogP contribution is -2.12. The number of nitrogens with zero attached hydrogens (tertiary/aromatic N) is 3. The number of aromatic nitrogens is 3. The molecule has 2 aromatic heterocycles. The number of fused-ring (bicyclic) bond motifs is 1. The van der Waals surface area contributed by atoms with Crippen LogP contribution in [0.15, 0.2) is 60.8 Å². The fourth-order valence-corrected chi connectivity index (χ4v) is 3.11. The van der Waals surface area contributed by atoms with E-state index in [0.29, 0.717) is 38.5 Å². The van der Waals surface area contributed by atoms with E-state index in [0.717, 1.165) is 5.56 Å². The molecule has 140 valence electrons. The highest BCUT2D eigenvalue weighted by Gasteiger charge is 2.14. The van der Waals surface area contributed by atoms with Crippen molar-refractivity contribution in [3.63, 3.8) is 0 Å². The Morgan fingerprint density at radius 1 is 1.07 bits per heavy atom. The summed E-state index contributed by atoms with van der Waals surface area (Å²) in [5.74, 6) is 0.145. The summed E-state index contributed by atoms with van der Waals surface area (Å²) < 4.78 is 6.76. The molecule has 4 rings (SSSR count). The highest BCUT2D eigenvalue weighted by atomic mass is 35.5. The van der Waals surface area contributed by atoms with Crippen LogP contribution in [0.2, 0.25) is 10.0 Å². The van der Waals surface area contributed by atoms with E-state index < -0.39 is 0 Å². The number of rotatable bonds is 4. The van der Waals surface area contributed by atoms with Gasteiger partial charge in [0.05, 0.1) is 40.3 Å². The minimum atomic E-state index is -0.342. The number of amides is 1. The lowest BCUT2D eigenvalue weighted by molar-refractivity contribution is 0.102. The van der Waals surface area contributed by atoms with Crippen LogP contribution in [0.4, 0.5) is 5.69 Å². The summed E-state index contributed by atoms with van der Waals surface area (Å²) in [4.78, 5) is 17.1. The van der Waals surface area contributed by atoms with Gasteiger partial charge < -0.3 is 10.1 Å². The van der Waals surface area contributed by atoms with E-state index in [1.54, 1.807) is 60.3 Å². The van der Waals surface area contributed by atoms with Gasteiger partial charge in [0, 0.05) is 11.6 Å². The third kappa shape index (κ3) is 3.52. The van der Waals surface area contributed by atoms with E-state index in [1.165, 1.54) is 0 Å². The molecule has 0 aliphatic carbocycles. The summed E-state index contributed by atoms with van der Waals surface area (Å²) in [6.45, 7) is 0. The van der Waals surface area contributed by atoms with E-state index in [1.807, 2.05) is 12.1 Å². The second-order valence-corrected chi connectivity index (χ2v) is 6.75. The van der Waals surface area contributed by atoms with Crippen molar-refractivity contribution in [2.75, 3.05) is 12.4 Å². The molecule has 28 heavy (non-hydrogen) atoms. The molecule has 0 saturated heterocycles. The average molecular weight is 413 g/mol. The zero-order valence-corrected chi connectivity index (χ0v) is 16.2. The maximum atomic E-state index is 12.5. The molecule has 6 nitrogen and oxygen atoms in total. The number of carbonyl (C=O) groups is 1. The molecule has 2 aromatic carbocycles. The molecular weight excluding hydrogens is 399 g/mol. The van der Waals surface area contributed by atoms with Gasteiger partial charge in [0.2, 0.25) is 5.88 Å². The topological polar surface area (TPSA) is 68.5 Å². The minimum absolute atomic E-state index is 0.342. The van der Waals surface area contributed by atoms with Crippen LogP contribution in [0.5, 0.6) is 5.88 Å². The standard InChI is InChI=1S/C20H14Cl2N4O2/c1-28-19-9-8-18-23-17(11-26(18)25-19)12-6-7-15(22)16(10-12)24-20(27)13-4-2-3-5-14(13)21/h2-11H,1H3,(H,24,27). The highest BCUT2D eigenvalue weighted by Crippen LogP contribution is 2.29. The Labute approximate surface area is 170 Å². The molecule has 0 bridgehead atoms. The predicted molar refractivity (Wildman–Crippen MR) is 109 cm³/mol. The van der Waals surface area contributed by atoms with Crippen LogP contribution in [-0.2, 0) is 0 Å². The van der Waals surface area contributed by atoms with Gasteiger partial charge in [0.15, 0.2) is 5.65 Å². The van der Waals surface area contributed by atoms with Gasteiger partial charge >= 0.3 is 0 Å². The first-order chi connectivity index (χ1) is 13.5. The van der Waals surface area contributed by atoms with Gasteiger partial charge in [-0.25, -0.2) is 9.50 Å². The van der Waals surface area contributed by atoms with Crippen molar-refractivity contribution in [2.45, 2.75) is 0 Å².